The smallest absolute Gasteiger partial charge is 0.415 e. The van der Waals surface area contributed by atoms with Crippen molar-refractivity contribution in [3.05, 3.63) is 46.8 Å². The summed E-state index contributed by atoms with van der Waals surface area (Å²) < 4.78 is 6.45. The zero-order chi connectivity index (χ0) is 19.1. The number of likely N-dealkylation sites (N-methyl/N-ethyl adjacent to an activating group) is 1. The molecule has 1 saturated heterocycles. The molecule has 0 bridgehead atoms. The largest absolute Gasteiger partial charge is 1.00 e. The van der Waals surface area contributed by atoms with Crippen molar-refractivity contribution in [3.8, 4) is 11.5 Å². The third-order valence-electron chi connectivity index (χ3n) is 4.89. The van der Waals surface area contributed by atoms with Gasteiger partial charge in [-0.2, -0.15) is 9.46 Å². The Morgan fingerprint density at radius 3 is 2.32 bits per heavy atom. The Kier molecular flexibility index (Phi) is 5.30. The number of phenolic OH excluding ortho intramolecular Hbond substituents is 1. The van der Waals surface area contributed by atoms with Crippen LogP contribution in [0, 0.1) is 10.4 Å². The van der Waals surface area contributed by atoms with Gasteiger partial charge in [-0.3, -0.25) is 4.90 Å². The highest BCUT2D eigenvalue weighted by Crippen LogP contribution is 2.26. The molecule has 148 valence electrons. The Balaban J connectivity index is 0.00000225. The Labute approximate surface area is 166 Å². The molecule has 10 heteroatoms. The van der Waals surface area contributed by atoms with Gasteiger partial charge in [-0.15, -0.1) is 0 Å². The van der Waals surface area contributed by atoms with Crippen molar-refractivity contribution in [3.63, 3.8) is 0 Å². The second-order valence-corrected chi connectivity index (χ2v) is 6.67. The minimum Gasteiger partial charge on any atom is -1.00 e. The maximum absolute atomic E-state index is 12.9. The Bertz CT molecular complexity index is 1050. The maximum atomic E-state index is 12.9. The van der Waals surface area contributed by atoms with Gasteiger partial charge < -0.3 is 37.6 Å². The first-order valence-electron chi connectivity index (χ1n) is 8.65. The maximum Gasteiger partial charge on any atom is 0.415 e. The van der Waals surface area contributed by atoms with Crippen LogP contribution in [0.1, 0.15) is 0 Å². The SMILES string of the molecule is C[NH+]1CCN(C(=O)Oc2cccc3c2[n+]([O-])c2cccc(O)c2[n+]3[O-])CC1.[Cl-]. The van der Waals surface area contributed by atoms with Crippen LogP contribution in [0.25, 0.3) is 22.1 Å². The zero-order valence-electron chi connectivity index (χ0n) is 15.1. The highest BCUT2D eigenvalue weighted by Gasteiger charge is 2.29. The van der Waals surface area contributed by atoms with Crippen LogP contribution >= 0.6 is 0 Å². The summed E-state index contributed by atoms with van der Waals surface area (Å²) in [4.78, 5) is 15.4. The van der Waals surface area contributed by atoms with E-state index < -0.39 is 6.09 Å². The molecule has 0 radical (unpaired) electrons. The number of amides is 1. The molecule has 2 N–H and O–H groups in total. The Morgan fingerprint density at radius 2 is 1.64 bits per heavy atom. The van der Waals surface area contributed by atoms with E-state index in [1.54, 1.807) is 4.90 Å². The number of hydrogen-bond donors (Lipinski definition) is 2. The molecule has 1 fully saturated rings. The van der Waals surface area contributed by atoms with E-state index in [1.165, 1.54) is 41.3 Å². The number of halogens is 1. The summed E-state index contributed by atoms with van der Waals surface area (Å²) in [6, 6.07) is 8.68. The van der Waals surface area contributed by atoms with Gasteiger partial charge in [-0.05, 0) is 12.1 Å². The lowest BCUT2D eigenvalue weighted by Crippen LogP contribution is -3.12. The zero-order valence-corrected chi connectivity index (χ0v) is 15.8. The number of fused-ring (bicyclic) bond motifs is 2. The number of carbonyl (C=O) groups excluding carboxylic acids is 1. The summed E-state index contributed by atoms with van der Waals surface area (Å²) in [5.74, 6) is -0.287. The quantitative estimate of drug-likeness (QED) is 0.246. The van der Waals surface area contributed by atoms with Gasteiger partial charge in [0.15, 0.2) is 5.75 Å². The first-order valence-corrected chi connectivity index (χ1v) is 8.65. The molecule has 2 heterocycles. The van der Waals surface area contributed by atoms with E-state index in [1.807, 2.05) is 0 Å². The highest BCUT2D eigenvalue weighted by molar-refractivity contribution is 5.85. The molecule has 0 unspecified atom stereocenters. The monoisotopic (exact) mass is 406 g/mol. The standard InChI is InChI=1S/C18H18N4O5.ClH/c1-19-8-10-20(11-9-19)18(24)27-15-7-3-5-13-17(15)22(26)12-4-2-6-14(23)16(12)21(13)25;/h2-7,23H,8-11H2,1H3;1H. The van der Waals surface area contributed by atoms with Gasteiger partial charge in [0.25, 0.3) is 11.0 Å². The number of hydrogen-bond acceptors (Lipinski definition) is 5. The molecule has 28 heavy (non-hydrogen) atoms. The Hall–Kier alpha value is -3.04. The van der Waals surface area contributed by atoms with E-state index in [2.05, 4.69) is 7.05 Å². The number of ether oxygens (including phenoxy) is 1. The minimum atomic E-state index is -0.552. The summed E-state index contributed by atoms with van der Waals surface area (Å²) in [6.45, 7) is 2.75. The number of phenols is 1. The van der Waals surface area contributed by atoms with Crippen LogP contribution in [-0.2, 0) is 0 Å². The lowest BCUT2D eigenvalue weighted by molar-refractivity contribution is -0.883. The number of benzene rings is 2. The van der Waals surface area contributed by atoms with Crippen LogP contribution in [0.3, 0.4) is 0 Å². The molecule has 1 amide bonds. The fourth-order valence-corrected chi connectivity index (χ4v) is 3.32. The molecule has 1 aromatic heterocycles. The van der Waals surface area contributed by atoms with Crippen molar-refractivity contribution in [2.45, 2.75) is 0 Å². The molecule has 1 aliphatic rings. The number of quaternary nitrogens is 1. The first kappa shape index (κ1) is 19.7. The molecule has 2 aromatic carbocycles. The molecule has 0 atom stereocenters. The number of aromatic hydroxyl groups is 1. The topological polar surface area (TPSA) is 108 Å². The molecule has 0 saturated carbocycles. The number of nitrogens with one attached hydrogen (secondary N) is 1. The van der Waals surface area contributed by atoms with Crippen LogP contribution in [-0.4, -0.2) is 49.3 Å². The fraction of sp³-hybridized carbons (Fsp3) is 0.278. The third kappa shape index (κ3) is 3.19. The van der Waals surface area contributed by atoms with Crippen LogP contribution in [0.2, 0.25) is 0 Å². The average molecular weight is 407 g/mol. The number of aromatic nitrogens is 2. The fourth-order valence-electron chi connectivity index (χ4n) is 3.32. The Morgan fingerprint density at radius 1 is 1.07 bits per heavy atom. The number of piperazine rings is 1. The summed E-state index contributed by atoms with van der Waals surface area (Å²) >= 11 is 0. The predicted molar refractivity (Wildman–Crippen MR) is 95.3 cm³/mol. The minimum absolute atomic E-state index is 0. The average Bonchev–Trinajstić information content (AvgIpc) is 2.66. The highest BCUT2D eigenvalue weighted by atomic mass is 35.5. The molecule has 9 nitrogen and oxygen atoms in total. The van der Waals surface area contributed by atoms with E-state index in [9.17, 15) is 20.3 Å². The van der Waals surface area contributed by atoms with Crippen molar-refractivity contribution < 1.29 is 41.4 Å². The third-order valence-corrected chi connectivity index (χ3v) is 4.89. The number of rotatable bonds is 1. The number of para-hydroxylation sites is 2. The first-order chi connectivity index (χ1) is 13.0. The predicted octanol–water partition coefficient (Wildman–Crippen LogP) is -3.70. The summed E-state index contributed by atoms with van der Waals surface area (Å²) in [7, 11) is 2.06. The van der Waals surface area contributed by atoms with Crippen molar-refractivity contribution in [2.75, 3.05) is 33.2 Å². The molecule has 0 spiro atoms. The number of nitrogens with zero attached hydrogens (tertiary/aromatic N) is 3. The normalized spacial score (nSPS) is 14.8. The molecule has 0 aliphatic carbocycles. The summed E-state index contributed by atoms with van der Waals surface area (Å²) in [5, 5.41) is 35.5. The molecule has 4 rings (SSSR count). The van der Waals surface area contributed by atoms with Crippen LogP contribution in [0.15, 0.2) is 36.4 Å². The van der Waals surface area contributed by atoms with Crippen molar-refractivity contribution in [2.24, 2.45) is 0 Å². The van der Waals surface area contributed by atoms with Crippen LogP contribution in [0.5, 0.6) is 11.5 Å². The second kappa shape index (κ2) is 7.53. The molecule has 1 aliphatic heterocycles. The summed E-state index contributed by atoms with van der Waals surface area (Å²) in [5.41, 5.74) is -0.194. The van der Waals surface area contributed by atoms with Crippen LogP contribution in [0.4, 0.5) is 4.79 Å². The van der Waals surface area contributed by atoms with E-state index in [4.69, 9.17) is 4.74 Å². The van der Waals surface area contributed by atoms with Gasteiger partial charge in [-0.1, -0.05) is 12.1 Å². The molecular weight excluding hydrogens is 388 g/mol. The van der Waals surface area contributed by atoms with E-state index in [-0.39, 0.29) is 46.0 Å². The van der Waals surface area contributed by atoms with E-state index in [0.717, 1.165) is 13.1 Å². The van der Waals surface area contributed by atoms with Gasteiger partial charge in [0.05, 0.1) is 33.2 Å². The van der Waals surface area contributed by atoms with Crippen LogP contribution < -0.4 is 31.5 Å². The lowest BCUT2D eigenvalue weighted by Gasteiger charge is -2.29. The molecular formula is C18H19ClN4O5. The van der Waals surface area contributed by atoms with Gasteiger partial charge in [0.1, 0.15) is 0 Å². The van der Waals surface area contributed by atoms with Gasteiger partial charge >= 0.3 is 17.1 Å². The number of carbonyl (C=O) groups is 1. The molecule has 3 aromatic rings. The van der Waals surface area contributed by atoms with Crippen molar-refractivity contribution in [1.82, 2.24) is 4.90 Å². The van der Waals surface area contributed by atoms with Gasteiger partial charge in [0.2, 0.25) is 5.75 Å². The lowest BCUT2D eigenvalue weighted by atomic mass is 10.2. The van der Waals surface area contributed by atoms with Gasteiger partial charge in [-0.25, -0.2) is 4.79 Å². The van der Waals surface area contributed by atoms with E-state index >= 15 is 0 Å². The van der Waals surface area contributed by atoms with Gasteiger partial charge in [0, 0.05) is 12.1 Å². The van der Waals surface area contributed by atoms with Crippen molar-refractivity contribution >= 4 is 28.2 Å². The van der Waals surface area contributed by atoms with Crippen molar-refractivity contribution in [1.29, 1.82) is 0 Å². The summed E-state index contributed by atoms with van der Waals surface area (Å²) in [6.07, 6.45) is -0.552. The van der Waals surface area contributed by atoms with E-state index in [0.29, 0.717) is 22.6 Å². The second-order valence-electron chi connectivity index (χ2n) is 6.67.